The smallest absolute Gasteiger partial charge is 0.0645 e. The highest BCUT2D eigenvalue weighted by atomic mass is 16.5. The van der Waals surface area contributed by atoms with E-state index in [9.17, 15) is 0 Å². The molecule has 0 aliphatic heterocycles. The quantitative estimate of drug-likeness (QED) is 0.739. The van der Waals surface area contributed by atoms with Gasteiger partial charge in [-0.3, -0.25) is 0 Å². The summed E-state index contributed by atoms with van der Waals surface area (Å²) in [6.07, 6.45) is 6.87. The Labute approximate surface area is 104 Å². The standard InChI is InChI=1S/C14H24N2O/c1-11(2)10-17-8-7-16-6-5-13(9-16)14(15)12-3-4-12/h5-6,9,11-12,14H,3-4,7-8,10,15H2,1-2H3. The van der Waals surface area contributed by atoms with Gasteiger partial charge in [-0.25, -0.2) is 0 Å². The summed E-state index contributed by atoms with van der Waals surface area (Å²) in [7, 11) is 0. The van der Waals surface area contributed by atoms with Crippen LogP contribution >= 0.6 is 0 Å². The van der Waals surface area contributed by atoms with Gasteiger partial charge in [0, 0.05) is 31.6 Å². The fourth-order valence-corrected chi connectivity index (χ4v) is 2.01. The first-order valence-electron chi connectivity index (χ1n) is 6.66. The number of aromatic nitrogens is 1. The zero-order valence-electron chi connectivity index (χ0n) is 10.9. The second-order valence-corrected chi connectivity index (χ2v) is 5.51. The molecule has 3 nitrogen and oxygen atoms in total. The Balaban J connectivity index is 1.74. The molecule has 1 fully saturated rings. The van der Waals surface area contributed by atoms with Gasteiger partial charge in [0.1, 0.15) is 0 Å². The third-order valence-electron chi connectivity index (χ3n) is 3.23. The molecular formula is C14H24N2O. The summed E-state index contributed by atoms with van der Waals surface area (Å²) in [5, 5.41) is 0. The lowest BCUT2D eigenvalue weighted by Crippen LogP contribution is -2.12. The van der Waals surface area contributed by atoms with Gasteiger partial charge in [-0.15, -0.1) is 0 Å². The molecule has 1 aliphatic carbocycles. The molecular weight excluding hydrogens is 212 g/mol. The highest BCUT2D eigenvalue weighted by Gasteiger charge is 2.29. The highest BCUT2D eigenvalue weighted by molar-refractivity contribution is 5.17. The maximum atomic E-state index is 6.16. The first kappa shape index (κ1) is 12.7. The van der Waals surface area contributed by atoms with Crippen LogP contribution in [0.1, 0.15) is 38.3 Å². The average molecular weight is 236 g/mol. The molecule has 1 atom stereocenters. The van der Waals surface area contributed by atoms with Crippen molar-refractivity contribution in [3.63, 3.8) is 0 Å². The molecule has 0 saturated heterocycles. The van der Waals surface area contributed by atoms with Crippen molar-refractivity contribution in [2.75, 3.05) is 13.2 Å². The summed E-state index contributed by atoms with van der Waals surface area (Å²) in [5.41, 5.74) is 7.44. The summed E-state index contributed by atoms with van der Waals surface area (Å²) in [5.74, 6) is 1.33. The number of hydrogen-bond donors (Lipinski definition) is 1. The van der Waals surface area contributed by atoms with Gasteiger partial charge in [0.25, 0.3) is 0 Å². The Morgan fingerprint density at radius 3 is 2.88 bits per heavy atom. The van der Waals surface area contributed by atoms with E-state index >= 15 is 0 Å². The second kappa shape index (κ2) is 5.69. The maximum Gasteiger partial charge on any atom is 0.0645 e. The second-order valence-electron chi connectivity index (χ2n) is 5.51. The van der Waals surface area contributed by atoms with Crippen LogP contribution in [0.2, 0.25) is 0 Å². The largest absolute Gasteiger partial charge is 0.379 e. The van der Waals surface area contributed by atoms with Crippen molar-refractivity contribution in [3.05, 3.63) is 24.0 Å². The number of nitrogens with two attached hydrogens (primary N) is 1. The van der Waals surface area contributed by atoms with Crippen LogP contribution in [0.25, 0.3) is 0 Å². The zero-order valence-corrected chi connectivity index (χ0v) is 10.9. The molecule has 0 aromatic carbocycles. The molecule has 0 radical (unpaired) electrons. The summed E-state index contributed by atoms with van der Waals surface area (Å²) in [4.78, 5) is 0. The van der Waals surface area contributed by atoms with Gasteiger partial charge < -0.3 is 15.0 Å². The topological polar surface area (TPSA) is 40.2 Å². The molecule has 1 aliphatic rings. The molecule has 2 rings (SSSR count). The monoisotopic (exact) mass is 236 g/mol. The first-order valence-corrected chi connectivity index (χ1v) is 6.66. The third kappa shape index (κ3) is 3.86. The molecule has 3 heteroatoms. The molecule has 0 spiro atoms. The third-order valence-corrected chi connectivity index (χ3v) is 3.23. The van der Waals surface area contributed by atoms with E-state index in [1.54, 1.807) is 0 Å². The van der Waals surface area contributed by atoms with Crippen LogP contribution in [0.5, 0.6) is 0 Å². The van der Waals surface area contributed by atoms with E-state index in [4.69, 9.17) is 10.5 Å². The molecule has 1 aromatic rings. The van der Waals surface area contributed by atoms with Crippen molar-refractivity contribution in [1.29, 1.82) is 0 Å². The van der Waals surface area contributed by atoms with Crippen LogP contribution in [-0.2, 0) is 11.3 Å². The van der Waals surface area contributed by atoms with Crippen molar-refractivity contribution in [1.82, 2.24) is 4.57 Å². The van der Waals surface area contributed by atoms with Crippen LogP contribution in [-0.4, -0.2) is 17.8 Å². The number of rotatable bonds is 7. The van der Waals surface area contributed by atoms with Crippen LogP contribution in [0.4, 0.5) is 0 Å². The number of nitrogens with zero attached hydrogens (tertiary/aromatic N) is 1. The molecule has 2 N–H and O–H groups in total. The summed E-state index contributed by atoms with van der Waals surface area (Å²) < 4.78 is 7.75. The van der Waals surface area contributed by atoms with Crippen LogP contribution in [0.15, 0.2) is 18.5 Å². The normalized spacial score (nSPS) is 17.6. The Morgan fingerprint density at radius 2 is 2.24 bits per heavy atom. The molecule has 1 unspecified atom stereocenters. The van der Waals surface area contributed by atoms with Gasteiger partial charge >= 0.3 is 0 Å². The SMILES string of the molecule is CC(C)COCCn1ccc(C(N)C2CC2)c1. The van der Waals surface area contributed by atoms with E-state index in [1.807, 2.05) is 0 Å². The van der Waals surface area contributed by atoms with Gasteiger partial charge in [0.2, 0.25) is 0 Å². The Kier molecular flexibility index (Phi) is 4.24. The van der Waals surface area contributed by atoms with Crippen LogP contribution in [0, 0.1) is 11.8 Å². The van der Waals surface area contributed by atoms with Crippen molar-refractivity contribution in [2.24, 2.45) is 17.6 Å². The van der Waals surface area contributed by atoms with E-state index in [0.29, 0.717) is 5.92 Å². The Hall–Kier alpha value is -0.800. The number of ether oxygens (including phenoxy) is 1. The summed E-state index contributed by atoms with van der Waals surface area (Å²) in [6.45, 7) is 6.88. The van der Waals surface area contributed by atoms with E-state index in [1.165, 1.54) is 18.4 Å². The molecule has 1 saturated carbocycles. The molecule has 17 heavy (non-hydrogen) atoms. The lowest BCUT2D eigenvalue weighted by Gasteiger charge is -2.08. The van der Waals surface area contributed by atoms with Crippen molar-refractivity contribution < 1.29 is 4.74 Å². The van der Waals surface area contributed by atoms with Gasteiger partial charge in [-0.1, -0.05) is 13.8 Å². The lowest BCUT2D eigenvalue weighted by molar-refractivity contribution is 0.103. The zero-order chi connectivity index (χ0) is 12.3. The first-order chi connectivity index (χ1) is 8.16. The summed E-state index contributed by atoms with van der Waals surface area (Å²) >= 11 is 0. The summed E-state index contributed by atoms with van der Waals surface area (Å²) in [6, 6.07) is 2.39. The molecule has 0 amide bonds. The Bertz CT molecular complexity index is 342. The van der Waals surface area contributed by atoms with Gasteiger partial charge in [-0.2, -0.15) is 0 Å². The number of hydrogen-bond acceptors (Lipinski definition) is 2. The fraction of sp³-hybridized carbons (Fsp3) is 0.714. The minimum atomic E-state index is 0.243. The Morgan fingerprint density at radius 1 is 1.47 bits per heavy atom. The van der Waals surface area contributed by atoms with Gasteiger partial charge in [-0.05, 0) is 36.3 Å². The van der Waals surface area contributed by atoms with Gasteiger partial charge in [0.15, 0.2) is 0 Å². The van der Waals surface area contributed by atoms with E-state index in [-0.39, 0.29) is 6.04 Å². The fourth-order valence-electron chi connectivity index (χ4n) is 2.01. The average Bonchev–Trinajstić information content (AvgIpc) is 3.03. The predicted octanol–water partition coefficient (Wildman–Crippen LogP) is 2.57. The molecule has 0 bridgehead atoms. The van der Waals surface area contributed by atoms with Gasteiger partial charge in [0.05, 0.1) is 6.61 Å². The van der Waals surface area contributed by atoms with E-state index in [0.717, 1.165) is 25.7 Å². The predicted molar refractivity (Wildman–Crippen MR) is 69.7 cm³/mol. The molecule has 96 valence electrons. The van der Waals surface area contributed by atoms with E-state index in [2.05, 4.69) is 36.9 Å². The van der Waals surface area contributed by atoms with Crippen molar-refractivity contribution in [2.45, 2.75) is 39.3 Å². The van der Waals surface area contributed by atoms with E-state index < -0.39 is 0 Å². The molecule has 1 heterocycles. The lowest BCUT2D eigenvalue weighted by atomic mass is 10.1. The van der Waals surface area contributed by atoms with Crippen LogP contribution in [0.3, 0.4) is 0 Å². The minimum Gasteiger partial charge on any atom is -0.379 e. The minimum absolute atomic E-state index is 0.243. The molecule has 1 aromatic heterocycles. The van der Waals surface area contributed by atoms with Crippen LogP contribution < -0.4 is 5.73 Å². The van der Waals surface area contributed by atoms with Crippen molar-refractivity contribution >= 4 is 0 Å². The highest BCUT2D eigenvalue weighted by Crippen LogP contribution is 2.39. The maximum absolute atomic E-state index is 6.16. The van der Waals surface area contributed by atoms with Crippen molar-refractivity contribution in [3.8, 4) is 0 Å².